The van der Waals surface area contributed by atoms with Crippen LogP contribution in [0.3, 0.4) is 0 Å². The first-order chi connectivity index (χ1) is 10.7. The first-order valence-corrected chi connectivity index (χ1v) is 8.51. The van der Waals surface area contributed by atoms with Crippen LogP contribution >= 0.6 is 0 Å². The highest BCUT2D eigenvalue weighted by molar-refractivity contribution is 5.81. The van der Waals surface area contributed by atoms with Gasteiger partial charge in [-0.25, -0.2) is 0 Å². The van der Waals surface area contributed by atoms with E-state index in [4.69, 9.17) is 0 Å². The highest BCUT2D eigenvalue weighted by Gasteiger charge is 2.29. The molecule has 2 heterocycles. The van der Waals surface area contributed by atoms with Crippen molar-refractivity contribution in [2.45, 2.75) is 32.9 Å². The summed E-state index contributed by atoms with van der Waals surface area (Å²) in [4.78, 5) is 19.6. The summed E-state index contributed by atoms with van der Waals surface area (Å²) in [6.45, 7) is 11.0. The van der Waals surface area contributed by atoms with E-state index in [1.54, 1.807) is 0 Å². The van der Waals surface area contributed by atoms with Gasteiger partial charge in [-0.1, -0.05) is 31.2 Å². The van der Waals surface area contributed by atoms with E-state index in [0.717, 1.165) is 52.2 Å². The molecule has 120 valence electrons. The Kier molecular flexibility index (Phi) is 4.79. The summed E-state index contributed by atoms with van der Waals surface area (Å²) in [6.07, 6.45) is 1.05. The molecule has 1 aromatic carbocycles. The summed E-state index contributed by atoms with van der Waals surface area (Å²) in [5.74, 6) is 0.301. The fourth-order valence-electron chi connectivity index (χ4n) is 3.55. The molecule has 0 N–H and O–H groups in total. The summed E-state index contributed by atoms with van der Waals surface area (Å²) >= 11 is 0. The van der Waals surface area contributed by atoms with Crippen LogP contribution in [0.15, 0.2) is 24.3 Å². The van der Waals surface area contributed by atoms with Crippen LogP contribution in [0.2, 0.25) is 0 Å². The molecule has 0 radical (unpaired) electrons. The van der Waals surface area contributed by atoms with Crippen molar-refractivity contribution in [2.75, 3.05) is 39.3 Å². The van der Waals surface area contributed by atoms with Crippen molar-refractivity contribution in [1.82, 2.24) is 14.7 Å². The van der Waals surface area contributed by atoms with Crippen LogP contribution in [0, 0.1) is 0 Å². The molecule has 2 aliphatic rings. The molecule has 4 heteroatoms. The molecule has 0 aliphatic carbocycles. The predicted octanol–water partition coefficient (Wildman–Crippen LogP) is 1.60. The van der Waals surface area contributed by atoms with E-state index in [9.17, 15) is 4.79 Å². The van der Waals surface area contributed by atoms with Gasteiger partial charge < -0.3 is 9.80 Å². The molecule has 1 amide bonds. The Bertz CT molecular complexity index is 523. The van der Waals surface area contributed by atoms with Gasteiger partial charge in [0.1, 0.15) is 0 Å². The molecule has 0 bridgehead atoms. The fraction of sp³-hybridized carbons (Fsp3) is 0.611. The van der Waals surface area contributed by atoms with Gasteiger partial charge in [-0.15, -0.1) is 0 Å². The van der Waals surface area contributed by atoms with E-state index >= 15 is 0 Å². The number of fused-ring (bicyclic) bond motifs is 1. The fourth-order valence-corrected chi connectivity index (χ4v) is 3.55. The Balaban J connectivity index is 1.60. The van der Waals surface area contributed by atoms with E-state index in [1.165, 1.54) is 11.1 Å². The third-order valence-electron chi connectivity index (χ3n) is 5.20. The number of rotatable bonds is 3. The summed E-state index contributed by atoms with van der Waals surface area (Å²) in [5, 5.41) is 0. The second-order valence-electron chi connectivity index (χ2n) is 6.42. The third-order valence-corrected chi connectivity index (χ3v) is 5.20. The topological polar surface area (TPSA) is 26.8 Å². The number of amides is 1. The lowest BCUT2D eigenvalue weighted by molar-refractivity contribution is -0.138. The zero-order valence-corrected chi connectivity index (χ0v) is 13.8. The maximum absolute atomic E-state index is 12.8. The average molecular weight is 301 g/mol. The molecule has 22 heavy (non-hydrogen) atoms. The highest BCUT2D eigenvalue weighted by Crippen LogP contribution is 2.21. The maximum atomic E-state index is 12.8. The van der Waals surface area contributed by atoms with Crippen molar-refractivity contribution in [2.24, 2.45) is 0 Å². The molecule has 0 saturated carbocycles. The smallest absolute Gasteiger partial charge is 0.239 e. The molecule has 2 aliphatic heterocycles. The Morgan fingerprint density at radius 2 is 1.77 bits per heavy atom. The number of carbonyl (C=O) groups is 1. The lowest BCUT2D eigenvalue weighted by atomic mass is 9.98. The van der Waals surface area contributed by atoms with Gasteiger partial charge in [0.05, 0.1) is 6.04 Å². The highest BCUT2D eigenvalue weighted by atomic mass is 16.2. The minimum Gasteiger partial charge on any atom is -0.339 e. The standard InChI is InChI=1S/C18H27N3O/c1-3-19-10-12-20(13-11-19)18(22)15(2)21-9-8-16-6-4-5-7-17(16)14-21/h4-7,15H,3,8-14H2,1-2H3. The van der Waals surface area contributed by atoms with Crippen molar-refractivity contribution in [3.63, 3.8) is 0 Å². The van der Waals surface area contributed by atoms with Crippen LogP contribution < -0.4 is 0 Å². The molecule has 1 saturated heterocycles. The zero-order valence-electron chi connectivity index (χ0n) is 13.8. The van der Waals surface area contributed by atoms with Crippen molar-refractivity contribution in [3.05, 3.63) is 35.4 Å². The van der Waals surface area contributed by atoms with Gasteiger partial charge in [0.2, 0.25) is 5.91 Å². The predicted molar refractivity (Wildman–Crippen MR) is 88.7 cm³/mol. The van der Waals surface area contributed by atoms with E-state index in [0.29, 0.717) is 5.91 Å². The van der Waals surface area contributed by atoms with Crippen LogP contribution in [0.25, 0.3) is 0 Å². The van der Waals surface area contributed by atoms with Crippen molar-refractivity contribution < 1.29 is 4.79 Å². The van der Waals surface area contributed by atoms with E-state index in [2.05, 4.69) is 52.8 Å². The number of likely N-dealkylation sites (N-methyl/N-ethyl adjacent to an activating group) is 1. The molecular weight excluding hydrogens is 274 g/mol. The average Bonchev–Trinajstić information content (AvgIpc) is 2.60. The normalized spacial score (nSPS) is 21.5. The van der Waals surface area contributed by atoms with Crippen LogP contribution in [0.4, 0.5) is 0 Å². The van der Waals surface area contributed by atoms with Gasteiger partial charge in [-0.2, -0.15) is 0 Å². The van der Waals surface area contributed by atoms with Crippen LogP contribution in [-0.4, -0.2) is 65.9 Å². The van der Waals surface area contributed by atoms with E-state index < -0.39 is 0 Å². The lowest BCUT2D eigenvalue weighted by Gasteiger charge is -2.39. The third kappa shape index (κ3) is 3.18. The Hall–Kier alpha value is -1.39. The van der Waals surface area contributed by atoms with Crippen LogP contribution in [0.5, 0.6) is 0 Å². The van der Waals surface area contributed by atoms with Crippen LogP contribution in [-0.2, 0) is 17.8 Å². The monoisotopic (exact) mass is 301 g/mol. The minimum absolute atomic E-state index is 0.0125. The number of carbonyl (C=O) groups excluding carboxylic acids is 1. The second-order valence-corrected chi connectivity index (χ2v) is 6.42. The Morgan fingerprint density at radius 1 is 1.09 bits per heavy atom. The largest absolute Gasteiger partial charge is 0.339 e. The zero-order chi connectivity index (χ0) is 15.5. The van der Waals surface area contributed by atoms with Gasteiger partial charge in [-0.05, 0) is 31.0 Å². The summed E-state index contributed by atoms with van der Waals surface area (Å²) in [5.41, 5.74) is 2.82. The SMILES string of the molecule is CCN1CCN(C(=O)C(C)N2CCc3ccccc3C2)CC1. The van der Waals surface area contributed by atoms with Crippen molar-refractivity contribution in [3.8, 4) is 0 Å². The molecule has 4 nitrogen and oxygen atoms in total. The van der Waals surface area contributed by atoms with Gasteiger partial charge >= 0.3 is 0 Å². The number of nitrogens with zero attached hydrogens (tertiary/aromatic N) is 3. The molecule has 1 aromatic rings. The minimum atomic E-state index is -0.0125. The first kappa shape index (κ1) is 15.5. The lowest BCUT2D eigenvalue weighted by Crippen LogP contribution is -2.54. The number of hydrogen-bond donors (Lipinski definition) is 0. The van der Waals surface area contributed by atoms with E-state index in [-0.39, 0.29) is 6.04 Å². The summed E-state index contributed by atoms with van der Waals surface area (Å²) < 4.78 is 0. The first-order valence-electron chi connectivity index (χ1n) is 8.51. The van der Waals surface area contributed by atoms with Gasteiger partial charge in [0, 0.05) is 39.3 Å². The van der Waals surface area contributed by atoms with Crippen molar-refractivity contribution >= 4 is 5.91 Å². The Labute approximate surface area is 133 Å². The molecule has 0 aromatic heterocycles. The molecule has 1 fully saturated rings. The summed E-state index contributed by atoms with van der Waals surface area (Å²) in [6, 6.07) is 8.60. The quantitative estimate of drug-likeness (QED) is 0.848. The summed E-state index contributed by atoms with van der Waals surface area (Å²) in [7, 11) is 0. The van der Waals surface area contributed by atoms with Gasteiger partial charge in [0.15, 0.2) is 0 Å². The molecule has 3 rings (SSSR count). The Morgan fingerprint density at radius 3 is 2.45 bits per heavy atom. The molecule has 1 unspecified atom stereocenters. The molecule has 0 spiro atoms. The number of benzene rings is 1. The number of piperazine rings is 1. The molecular formula is C18H27N3O. The maximum Gasteiger partial charge on any atom is 0.239 e. The second kappa shape index (κ2) is 6.80. The van der Waals surface area contributed by atoms with Gasteiger partial charge in [-0.3, -0.25) is 9.69 Å². The molecule has 1 atom stereocenters. The van der Waals surface area contributed by atoms with E-state index in [1.807, 2.05) is 0 Å². The van der Waals surface area contributed by atoms with Gasteiger partial charge in [0.25, 0.3) is 0 Å². The van der Waals surface area contributed by atoms with Crippen molar-refractivity contribution in [1.29, 1.82) is 0 Å². The number of hydrogen-bond acceptors (Lipinski definition) is 3. The van der Waals surface area contributed by atoms with Crippen LogP contribution in [0.1, 0.15) is 25.0 Å².